The largest absolute Gasteiger partial charge is 0.173 e. The lowest BCUT2D eigenvalue weighted by Crippen LogP contribution is -2.26. The maximum atomic E-state index is 4.00. The van der Waals surface area contributed by atoms with Gasteiger partial charge in [0.15, 0.2) is 26.9 Å². The highest BCUT2D eigenvalue weighted by Crippen LogP contribution is 2.63. The molecule has 3 rings (SSSR count). The second-order valence-corrected chi connectivity index (χ2v) is 13.8. The molecule has 0 radical (unpaired) electrons. The van der Waals surface area contributed by atoms with Crippen molar-refractivity contribution in [2.24, 2.45) is 0 Å². The Bertz CT molecular complexity index is 799. The number of hydrogen-bond acceptors (Lipinski definition) is 0. The maximum absolute atomic E-state index is 4.00. The standard InChI is InChI=1S/C24H25IP/c1-20(2)10-9-11-21-16-18-24(19-17-21)26(25,22-12-5-3-6-13-22)23-14-7-4-8-15-23/h3-8,12-19H,1,9-11H2,2H3/q+1. The first kappa shape index (κ1) is 19.3. The van der Waals surface area contributed by atoms with Crippen molar-refractivity contribution in [3.8, 4) is 0 Å². The van der Waals surface area contributed by atoms with Crippen molar-refractivity contribution in [1.29, 1.82) is 0 Å². The fourth-order valence-electron chi connectivity index (χ4n) is 3.18. The predicted octanol–water partition coefficient (Wildman–Crippen LogP) is 6.23. The average Bonchev–Trinajstić information content (AvgIpc) is 2.69. The summed E-state index contributed by atoms with van der Waals surface area (Å²) in [6, 6.07) is 31.2. The van der Waals surface area contributed by atoms with E-state index in [9.17, 15) is 0 Å². The van der Waals surface area contributed by atoms with Gasteiger partial charge in [-0.05, 0) is 68.1 Å². The summed E-state index contributed by atoms with van der Waals surface area (Å²) in [6.45, 7) is 6.11. The Hall–Kier alpha value is -1.44. The molecular formula is C24H25IP+. The predicted molar refractivity (Wildman–Crippen MR) is 127 cm³/mol. The Kier molecular flexibility index (Phi) is 6.67. The van der Waals surface area contributed by atoms with Crippen LogP contribution >= 0.6 is 26.9 Å². The Morgan fingerprint density at radius 2 is 1.23 bits per heavy atom. The minimum absolute atomic E-state index is 1.11. The zero-order chi connectivity index (χ0) is 18.4. The van der Waals surface area contributed by atoms with Gasteiger partial charge in [-0.1, -0.05) is 54.1 Å². The van der Waals surface area contributed by atoms with Crippen LogP contribution in [-0.2, 0) is 6.42 Å². The average molecular weight is 471 g/mol. The maximum Gasteiger partial charge on any atom is 0.173 e. The van der Waals surface area contributed by atoms with Gasteiger partial charge < -0.3 is 0 Å². The molecule has 0 heterocycles. The number of allylic oxidation sites excluding steroid dienone is 1. The van der Waals surface area contributed by atoms with Gasteiger partial charge in [0.1, 0.15) is 15.9 Å². The SMILES string of the molecule is C=C(C)CCCc1ccc([P+](I)(c2ccccc2)c2ccccc2)cc1. The van der Waals surface area contributed by atoms with E-state index in [1.807, 2.05) is 0 Å². The quantitative estimate of drug-likeness (QED) is 0.218. The van der Waals surface area contributed by atoms with Crippen LogP contribution < -0.4 is 15.9 Å². The van der Waals surface area contributed by atoms with Crippen molar-refractivity contribution < 1.29 is 0 Å². The molecule has 2 heteroatoms. The summed E-state index contributed by atoms with van der Waals surface area (Å²) in [6.07, 6.45) is 3.41. The molecule has 132 valence electrons. The van der Waals surface area contributed by atoms with Gasteiger partial charge in [0.2, 0.25) is 0 Å². The van der Waals surface area contributed by atoms with Gasteiger partial charge in [-0.15, -0.1) is 6.58 Å². The Morgan fingerprint density at radius 3 is 1.69 bits per heavy atom. The van der Waals surface area contributed by atoms with Crippen molar-refractivity contribution in [2.45, 2.75) is 26.2 Å². The number of rotatable bonds is 7. The van der Waals surface area contributed by atoms with E-state index in [0.717, 1.165) is 12.8 Å². The van der Waals surface area contributed by atoms with Gasteiger partial charge in [0.25, 0.3) is 0 Å². The van der Waals surface area contributed by atoms with Crippen LogP contribution in [0.25, 0.3) is 0 Å². The highest BCUT2D eigenvalue weighted by molar-refractivity contribution is 14.2. The number of halogens is 1. The normalized spacial score (nSPS) is 11.3. The topological polar surface area (TPSA) is 0 Å². The van der Waals surface area contributed by atoms with Crippen LogP contribution in [0.15, 0.2) is 97.1 Å². The zero-order valence-corrected chi connectivity index (χ0v) is 18.3. The van der Waals surface area contributed by atoms with Gasteiger partial charge in [-0.25, -0.2) is 0 Å². The Balaban J connectivity index is 1.94. The minimum atomic E-state index is -1.63. The zero-order valence-electron chi connectivity index (χ0n) is 15.2. The smallest absolute Gasteiger partial charge is 0.100 e. The molecule has 0 N–H and O–H groups in total. The van der Waals surface area contributed by atoms with Crippen molar-refractivity contribution in [1.82, 2.24) is 0 Å². The molecule has 0 fully saturated rings. The van der Waals surface area contributed by atoms with Crippen molar-refractivity contribution in [3.63, 3.8) is 0 Å². The lowest BCUT2D eigenvalue weighted by Gasteiger charge is -2.20. The van der Waals surface area contributed by atoms with Crippen LogP contribution in [0, 0.1) is 0 Å². The molecule has 0 aliphatic heterocycles. The van der Waals surface area contributed by atoms with E-state index in [0.29, 0.717) is 0 Å². The fourth-order valence-corrected chi connectivity index (χ4v) is 8.69. The monoisotopic (exact) mass is 471 g/mol. The molecule has 0 bridgehead atoms. The van der Waals surface area contributed by atoms with Crippen molar-refractivity contribution >= 4 is 42.9 Å². The van der Waals surface area contributed by atoms with E-state index in [1.165, 1.54) is 33.5 Å². The highest BCUT2D eigenvalue weighted by atomic mass is 127. The first-order valence-corrected chi connectivity index (χ1v) is 13.6. The molecule has 0 atom stereocenters. The Morgan fingerprint density at radius 1 is 0.769 bits per heavy atom. The van der Waals surface area contributed by atoms with Gasteiger partial charge >= 0.3 is 0 Å². The lowest BCUT2D eigenvalue weighted by molar-refractivity contribution is 0.814. The van der Waals surface area contributed by atoms with Crippen LogP contribution in [0.3, 0.4) is 0 Å². The summed E-state index contributed by atoms with van der Waals surface area (Å²) in [4.78, 5) is -1.63. The van der Waals surface area contributed by atoms with Crippen LogP contribution in [-0.4, -0.2) is 0 Å². The van der Waals surface area contributed by atoms with E-state index in [4.69, 9.17) is 0 Å². The van der Waals surface area contributed by atoms with Crippen molar-refractivity contribution in [2.75, 3.05) is 0 Å². The molecule has 3 aromatic rings. The molecular weight excluding hydrogens is 446 g/mol. The molecule has 0 amide bonds. The van der Waals surface area contributed by atoms with Crippen molar-refractivity contribution in [3.05, 3.63) is 103 Å². The number of hydrogen-bond donors (Lipinski definition) is 0. The first-order valence-electron chi connectivity index (χ1n) is 9.04. The van der Waals surface area contributed by atoms with E-state index in [2.05, 4.69) is 120 Å². The highest BCUT2D eigenvalue weighted by Gasteiger charge is 2.43. The van der Waals surface area contributed by atoms with E-state index < -0.39 is 4.90 Å². The molecule has 26 heavy (non-hydrogen) atoms. The van der Waals surface area contributed by atoms with Crippen LogP contribution in [0.2, 0.25) is 0 Å². The number of aryl methyl sites for hydroxylation is 1. The molecule has 3 aromatic carbocycles. The third kappa shape index (κ3) is 4.45. The molecule has 0 saturated heterocycles. The third-order valence-corrected chi connectivity index (χ3v) is 12.6. The molecule has 0 aromatic heterocycles. The van der Waals surface area contributed by atoms with E-state index in [-0.39, 0.29) is 0 Å². The van der Waals surface area contributed by atoms with Crippen LogP contribution in [0.4, 0.5) is 0 Å². The lowest BCUT2D eigenvalue weighted by atomic mass is 10.1. The second kappa shape index (κ2) is 8.97. The van der Waals surface area contributed by atoms with E-state index >= 15 is 0 Å². The second-order valence-electron chi connectivity index (χ2n) is 6.74. The number of benzene rings is 3. The van der Waals surface area contributed by atoms with Crippen LogP contribution in [0.1, 0.15) is 25.3 Å². The third-order valence-electron chi connectivity index (χ3n) is 4.59. The summed E-state index contributed by atoms with van der Waals surface area (Å²) in [5.41, 5.74) is 2.69. The van der Waals surface area contributed by atoms with Gasteiger partial charge in [-0.2, -0.15) is 0 Å². The molecule has 0 unspecified atom stereocenters. The molecule has 0 spiro atoms. The summed E-state index contributed by atoms with van der Waals surface area (Å²) in [5, 5.41) is 4.27. The molecule has 0 saturated carbocycles. The summed E-state index contributed by atoms with van der Waals surface area (Å²) in [7, 11) is 0. The van der Waals surface area contributed by atoms with E-state index in [1.54, 1.807) is 0 Å². The van der Waals surface area contributed by atoms with Gasteiger partial charge in [0, 0.05) is 0 Å². The van der Waals surface area contributed by atoms with Gasteiger partial charge in [0.05, 0.1) is 0 Å². The summed E-state index contributed by atoms with van der Waals surface area (Å²) in [5.74, 6) is 0. The Labute approximate surface area is 171 Å². The molecule has 0 aliphatic carbocycles. The molecule has 0 aliphatic rings. The van der Waals surface area contributed by atoms with Crippen LogP contribution in [0.5, 0.6) is 0 Å². The molecule has 0 nitrogen and oxygen atoms in total. The summed E-state index contributed by atoms with van der Waals surface area (Å²) < 4.78 is 0. The summed E-state index contributed by atoms with van der Waals surface area (Å²) >= 11 is 2.72. The fraction of sp³-hybridized carbons (Fsp3) is 0.167. The first-order chi connectivity index (χ1) is 12.6. The van der Waals surface area contributed by atoms with Gasteiger partial charge in [-0.3, -0.25) is 0 Å². The minimum Gasteiger partial charge on any atom is -0.100 e.